The van der Waals surface area contributed by atoms with Gasteiger partial charge < -0.3 is 45.8 Å². The van der Waals surface area contributed by atoms with Gasteiger partial charge in [-0.3, -0.25) is 19.2 Å². The summed E-state index contributed by atoms with van der Waals surface area (Å²) in [7, 11) is 8.09. The molecule has 4 amide bonds. The van der Waals surface area contributed by atoms with Gasteiger partial charge in [-0.05, 0) is 201 Å². The molecule has 0 spiro atoms. The highest BCUT2D eigenvalue weighted by Gasteiger charge is 2.32. The van der Waals surface area contributed by atoms with E-state index in [0.717, 1.165) is 148 Å². The SMILES string of the molecule is CC(=O)NC1(C)CCN(c2cccn3nc(Cc4ccc(C(=O)N(C)C5CCN(C)CC5)cc4)nc23)CC1.CC(=O)NC1(C)CCNCC1.CN1CCC(N(C)C(=O)c2ccc(Nc3nc4c(Br)cccn4n3)cc2)CC1. The van der Waals surface area contributed by atoms with Gasteiger partial charge in [0.1, 0.15) is 0 Å². The molecule has 10 rings (SSSR count). The number of carbonyl (C=O) groups excluding carboxylic acids is 4. The van der Waals surface area contributed by atoms with Crippen LogP contribution >= 0.6 is 15.9 Å². The lowest BCUT2D eigenvalue weighted by Crippen LogP contribution is -2.53. The van der Waals surface area contributed by atoms with E-state index in [1.807, 2.05) is 108 Å². The molecule has 20 heteroatoms. The standard InChI is InChI=1S/C29H39N7O2.C20H23BrN6O.C8H16N2O/c1-21(37)31-29(2)13-18-35(19-14-29)25-6-5-15-36-27(25)30-26(32-36)20-22-7-9-23(10-8-22)28(38)34(4)24-11-16-33(3)17-12-24;1-25-12-9-16(10-13-25)26(2)19(28)14-5-7-15(8-6-14)22-20-23-18-17(21)4-3-11-27(18)24-20;1-7(11)10-8(2)3-5-9-6-4-8/h5-10,15,24H,11-14,16-20H2,1-4H3,(H,31,37);3-8,11,16H,9-10,12-13H2,1-2H3,(H,22,24);9H,3-6H2,1-2H3,(H,10,11). The maximum atomic E-state index is 13.1. The van der Waals surface area contributed by atoms with Gasteiger partial charge in [-0.1, -0.05) is 12.1 Å². The summed E-state index contributed by atoms with van der Waals surface area (Å²) in [5.74, 6) is 1.50. The summed E-state index contributed by atoms with van der Waals surface area (Å²) in [6.45, 7) is 15.2. The summed E-state index contributed by atoms with van der Waals surface area (Å²) in [5.41, 5.74) is 5.85. The number of rotatable bonds is 11. The van der Waals surface area contributed by atoms with Crippen LogP contribution in [0.4, 0.5) is 17.3 Å². The van der Waals surface area contributed by atoms with Crippen molar-refractivity contribution in [1.29, 1.82) is 0 Å². The Balaban J connectivity index is 0.000000175. The maximum Gasteiger partial charge on any atom is 0.253 e. The molecule has 6 aromatic rings. The largest absolute Gasteiger partial charge is 0.368 e. The summed E-state index contributed by atoms with van der Waals surface area (Å²) in [4.78, 5) is 68.3. The van der Waals surface area contributed by atoms with Crippen LogP contribution in [0.2, 0.25) is 0 Å². The summed E-state index contributed by atoms with van der Waals surface area (Å²) in [5, 5.41) is 21.7. The van der Waals surface area contributed by atoms with Gasteiger partial charge in [-0.25, -0.2) is 14.0 Å². The molecule has 2 aromatic carbocycles. The van der Waals surface area contributed by atoms with E-state index >= 15 is 0 Å². The molecule has 0 atom stereocenters. The minimum absolute atomic E-state index is 0.0202. The lowest BCUT2D eigenvalue weighted by atomic mass is 9.89. The Bertz CT molecular complexity index is 2950. The van der Waals surface area contributed by atoms with E-state index in [4.69, 9.17) is 10.1 Å². The van der Waals surface area contributed by atoms with Crippen LogP contribution < -0.4 is 26.2 Å². The highest BCUT2D eigenvalue weighted by molar-refractivity contribution is 9.10. The van der Waals surface area contributed by atoms with Crippen LogP contribution in [0.15, 0.2) is 89.7 Å². The van der Waals surface area contributed by atoms with Crippen molar-refractivity contribution in [3.63, 3.8) is 0 Å². The number of aromatic nitrogens is 6. The predicted molar refractivity (Wildman–Crippen MR) is 306 cm³/mol. The highest BCUT2D eigenvalue weighted by atomic mass is 79.9. The minimum Gasteiger partial charge on any atom is -0.368 e. The quantitative estimate of drug-likeness (QED) is 0.108. The first kappa shape index (κ1) is 56.7. The normalized spacial score (nSPS) is 18.1. The van der Waals surface area contributed by atoms with Crippen LogP contribution in [0.1, 0.15) is 111 Å². The number of nitrogens with one attached hydrogen (secondary N) is 4. The Kier molecular flexibility index (Phi) is 18.7. The first-order chi connectivity index (χ1) is 36.8. The Hall–Kier alpha value is -6.48. The van der Waals surface area contributed by atoms with Crippen LogP contribution in [0.3, 0.4) is 0 Å². The van der Waals surface area contributed by atoms with E-state index in [2.05, 4.69) is 96.0 Å². The third kappa shape index (κ3) is 15.0. The monoisotopic (exact) mass is 1120 g/mol. The van der Waals surface area contributed by atoms with E-state index in [1.165, 1.54) is 0 Å². The van der Waals surface area contributed by atoms with Crippen LogP contribution in [0.5, 0.6) is 0 Å². The number of amides is 4. The zero-order valence-corrected chi connectivity index (χ0v) is 47.8. The van der Waals surface area contributed by atoms with Gasteiger partial charge in [0.05, 0.1) is 10.2 Å². The molecule has 0 unspecified atom stereocenters. The van der Waals surface area contributed by atoms with Gasteiger partial charge in [0.2, 0.25) is 17.8 Å². The Morgan fingerprint density at radius 3 is 1.66 bits per heavy atom. The van der Waals surface area contributed by atoms with Gasteiger partial charge in [0.15, 0.2) is 17.1 Å². The predicted octanol–water partition coefficient (Wildman–Crippen LogP) is 6.65. The third-order valence-electron chi connectivity index (χ3n) is 15.6. The van der Waals surface area contributed by atoms with Crippen molar-refractivity contribution >= 4 is 68.2 Å². The lowest BCUT2D eigenvalue weighted by molar-refractivity contribution is -0.121. The average Bonchev–Trinajstić information content (AvgIpc) is 4.05. The number of piperidine rings is 4. The molecule has 4 aliphatic rings. The summed E-state index contributed by atoms with van der Waals surface area (Å²) >= 11 is 3.47. The van der Waals surface area contributed by atoms with Crippen LogP contribution in [-0.2, 0) is 16.0 Å². The molecule has 4 saturated heterocycles. The number of hydrogen-bond acceptors (Lipinski definition) is 13. The number of nitrogens with zero attached hydrogens (tertiary/aromatic N) is 11. The summed E-state index contributed by atoms with van der Waals surface area (Å²) < 4.78 is 4.44. The minimum atomic E-state index is -0.165. The Morgan fingerprint density at radius 1 is 0.649 bits per heavy atom. The fourth-order valence-electron chi connectivity index (χ4n) is 10.8. The molecular formula is C57H78BrN15O4. The van der Waals surface area contributed by atoms with Crippen LogP contribution in [-0.4, -0.2) is 176 Å². The number of pyridine rings is 2. The van der Waals surface area contributed by atoms with Gasteiger partial charge in [0.25, 0.3) is 11.8 Å². The molecule has 19 nitrogen and oxygen atoms in total. The summed E-state index contributed by atoms with van der Waals surface area (Å²) in [6, 6.07) is 23.9. The molecule has 4 N–H and O–H groups in total. The van der Waals surface area contributed by atoms with E-state index in [9.17, 15) is 19.2 Å². The maximum absolute atomic E-state index is 13.1. The first-order valence-electron chi connectivity index (χ1n) is 27.1. The molecule has 0 aliphatic carbocycles. The van der Waals surface area contributed by atoms with Crippen molar-refractivity contribution in [1.82, 2.24) is 64.7 Å². The molecular weight excluding hydrogens is 1040 g/mol. The summed E-state index contributed by atoms with van der Waals surface area (Å²) in [6.07, 6.45) is 12.3. The highest BCUT2D eigenvalue weighted by Crippen LogP contribution is 2.29. The topological polar surface area (TPSA) is 193 Å². The number of halogens is 1. The van der Waals surface area contributed by atoms with Crippen LogP contribution in [0, 0.1) is 0 Å². The van der Waals surface area contributed by atoms with Crippen molar-refractivity contribution in [2.24, 2.45) is 0 Å². The molecule has 4 aromatic heterocycles. The second-order valence-electron chi connectivity index (χ2n) is 21.9. The van der Waals surface area contributed by atoms with Crippen molar-refractivity contribution in [2.75, 3.05) is 90.8 Å². The van der Waals surface area contributed by atoms with E-state index < -0.39 is 0 Å². The van der Waals surface area contributed by atoms with Gasteiger partial charge in [-0.15, -0.1) is 5.10 Å². The van der Waals surface area contributed by atoms with Crippen molar-refractivity contribution in [3.8, 4) is 0 Å². The molecule has 77 heavy (non-hydrogen) atoms. The number of hydrogen-bond donors (Lipinski definition) is 4. The number of carbonyl (C=O) groups is 4. The number of anilines is 3. The molecule has 4 fully saturated rings. The molecule has 8 heterocycles. The van der Waals surface area contributed by atoms with Crippen molar-refractivity contribution in [2.45, 2.75) is 109 Å². The zero-order chi connectivity index (χ0) is 54.9. The lowest BCUT2D eigenvalue weighted by Gasteiger charge is -2.40. The van der Waals surface area contributed by atoms with Crippen molar-refractivity contribution < 1.29 is 19.2 Å². The van der Waals surface area contributed by atoms with Gasteiger partial charge >= 0.3 is 0 Å². The third-order valence-corrected chi connectivity index (χ3v) is 16.3. The van der Waals surface area contributed by atoms with Crippen molar-refractivity contribution in [3.05, 3.63) is 112 Å². The number of likely N-dealkylation sites (tertiary alicyclic amines) is 2. The van der Waals surface area contributed by atoms with E-state index in [-0.39, 0.29) is 34.7 Å². The van der Waals surface area contributed by atoms with Crippen LogP contribution in [0.25, 0.3) is 11.3 Å². The van der Waals surface area contributed by atoms with E-state index in [0.29, 0.717) is 30.0 Å². The average molecular weight is 1120 g/mol. The molecule has 4 aliphatic heterocycles. The second-order valence-corrected chi connectivity index (χ2v) is 22.8. The number of benzene rings is 2. The molecule has 0 bridgehead atoms. The molecule has 0 radical (unpaired) electrons. The first-order valence-corrected chi connectivity index (χ1v) is 27.9. The second kappa shape index (κ2) is 25.3. The molecule has 412 valence electrons. The zero-order valence-electron chi connectivity index (χ0n) is 46.2. The Morgan fingerprint density at radius 2 is 1.14 bits per heavy atom. The number of fused-ring (bicyclic) bond motifs is 2. The molecule has 0 saturated carbocycles. The van der Waals surface area contributed by atoms with Gasteiger partial charge in [0, 0.05) is 99.8 Å². The van der Waals surface area contributed by atoms with E-state index in [1.54, 1.807) is 18.4 Å². The fourth-order valence-corrected chi connectivity index (χ4v) is 11.2. The van der Waals surface area contributed by atoms with Gasteiger partial charge in [-0.2, -0.15) is 10.1 Å². The fraction of sp³-hybridized carbons (Fsp3) is 0.509. The Labute approximate surface area is 461 Å². The smallest absolute Gasteiger partial charge is 0.253 e.